The highest BCUT2D eigenvalue weighted by Gasteiger charge is 2.20. The van der Waals surface area contributed by atoms with Gasteiger partial charge >= 0.3 is 6.03 Å². The molecule has 1 saturated heterocycles. The normalized spacial score (nSPS) is 15.3. The maximum atomic E-state index is 12.2. The highest BCUT2D eigenvalue weighted by Crippen LogP contribution is 2.27. The first-order chi connectivity index (χ1) is 11.2. The lowest BCUT2D eigenvalue weighted by atomic mass is 10.2. The van der Waals surface area contributed by atoms with Crippen LogP contribution in [0.3, 0.4) is 0 Å². The fourth-order valence-corrected chi connectivity index (χ4v) is 2.64. The quantitative estimate of drug-likeness (QED) is 0.797. The second-order valence-corrected chi connectivity index (χ2v) is 5.47. The highest BCUT2D eigenvalue weighted by atomic mass is 16.5. The molecule has 1 aliphatic rings. The minimum Gasteiger partial charge on any atom is -0.493 e. The van der Waals surface area contributed by atoms with Gasteiger partial charge in [0.15, 0.2) is 11.5 Å². The first-order valence-electron chi connectivity index (χ1n) is 7.84. The smallest absolute Gasteiger partial charge is 0.317 e. The number of urea groups is 1. The summed E-state index contributed by atoms with van der Waals surface area (Å²) in [5.74, 6) is 1.34. The number of rotatable bonds is 6. The molecule has 3 N–H and O–H groups in total. The molecule has 1 aliphatic heterocycles. The summed E-state index contributed by atoms with van der Waals surface area (Å²) in [7, 11) is 3.20. The number of carbonyl (C=O) groups is 1. The summed E-state index contributed by atoms with van der Waals surface area (Å²) in [6, 6.07) is 5.59. The van der Waals surface area contributed by atoms with Crippen LogP contribution in [0.25, 0.3) is 0 Å². The Morgan fingerprint density at radius 1 is 1.17 bits per heavy atom. The summed E-state index contributed by atoms with van der Waals surface area (Å²) in [4.78, 5) is 16.3. The summed E-state index contributed by atoms with van der Waals surface area (Å²) in [6.07, 6.45) is 0. The van der Waals surface area contributed by atoms with Crippen molar-refractivity contribution in [2.75, 3.05) is 53.5 Å². The van der Waals surface area contributed by atoms with Gasteiger partial charge in [-0.1, -0.05) is 6.07 Å². The molecule has 7 heteroatoms. The molecular formula is C16H26N4O3. The molecule has 1 heterocycles. The number of hydrogen-bond donors (Lipinski definition) is 2. The SMILES string of the molecule is COc1ccc(CNC(=O)N2CCN(CCN)CC2)cc1OC. The Bertz CT molecular complexity index is 516. The van der Waals surface area contributed by atoms with Crippen LogP contribution >= 0.6 is 0 Å². The fourth-order valence-electron chi connectivity index (χ4n) is 2.64. The van der Waals surface area contributed by atoms with Gasteiger partial charge in [-0.25, -0.2) is 4.79 Å². The number of methoxy groups -OCH3 is 2. The lowest BCUT2D eigenvalue weighted by Gasteiger charge is -2.34. The molecule has 23 heavy (non-hydrogen) atoms. The van der Waals surface area contributed by atoms with Crippen molar-refractivity contribution in [3.63, 3.8) is 0 Å². The van der Waals surface area contributed by atoms with E-state index in [1.54, 1.807) is 14.2 Å². The molecule has 0 unspecified atom stereocenters. The van der Waals surface area contributed by atoms with Gasteiger partial charge in [-0.2, -0.15) is 0 Å². The number of carbonyl (C=O) groups excluding carboxylic acids is 1. The van der Waals surface area contributed by atoms with Crippen LogP contribution in [0.4, 0.5) is 4.79 Å². The third kappa shape index (κ3) is 4.74. The van der Waals surface area contributed by atoms with E-state index >= 15 is 0 Å². The molecule has 128 valence electrons. The zero-order chi connectivity index (χ0) is 16.7. The first-order valence-corrected chi connectivity index (χ1v) is 7.84. The van der Waals surface area contributed by atoms with Gasteiger partial charge in [0.1, 0.15) is 0 Å². The average molecular weight is 322 g/mol. The molecule has 0 spiro atoms. The van der Waals surface area contributed by atoms with Crippen LogP contribution in [0.1, 0.15) is 5.56 Å². The molecule has 0 bridgehead atoms. The number of benzene rings is 1. The van der Waals surface area contributed by atoms with E-state index in [1.807, 2.05) is 23.1 Å². The Morgan fingerprint density at radius 2 is 1.87 bits per heavy atom. The number of nitrogens with one attached hydrogen (secondary N) is 1. The number of nitrogens with two attached hydrogens (primary N) is 1. The van der Waals surface area contributed by atoms with E-state index < -0.39 is 0 Å². The summed E-state index contributed by atoms with van der Waals surface area (Å²) < 4.78 is 10.5. The van der Waals surface area contributed by atoms with Gasteiger partial charge in [-0.3, -0.25) is 4.90 Å². The van der Waals surface area contributed by atoms with Crippen molar-refractivity contribution in [1.29, 1.82) is 0 Å². The van der Waals surface area contributed by atoms with E-state index in [2.05, 4.69) is 10.2 Å². The van der Waals surface area contributed by atoms with Crippen molar-refractivity contribution < 1.29 is 14.3 Å². The monoisotopic (exact) mass is 322 g/mol. The largest absolute Gasteiger partial charge is 0.493 e. The Balaban J connectivity index is 1.83. The third-order valence-electron chi connectivity index (χ3n) is 4.00. The van der Waals surface area contributed by atoms with E-state index in [-0.39, 0.29) is 6.03 Å². The van der Waals surface area contributed by atoms with Crippen molar-refractivity contribution in [2.24, 2.45) is 5.73 Å². The Morgan fingerprint density at radius 3 is 2.48 bits per heavy atom. The van der Waals surface area contributed by atoms with E-state index in [4.69, 9.17) is 15.2 Å². The molecule has 2 amide bonds. The van der Waals surface area contributed by atoms with Crippen LogP contribution in [-0.2, 0) is 6.54 Å². The first kappa shape index (κ1) is 17.4. The maximum absolute atomic E-state index is 12.2. The lowest BCUT2D eigenvalue weighted by molar-refractivity contribution is 0.141. The van der Waals surface area contributed by atoms with Crippen molar-refractivity contribution in [3.05, 3.63) is 23.8 Å². The summed E-state index contributed by atoms with van der Waals surface area (Å²) >= 11 is 0. The van der Waals surface area contributed by atoms with Gasteiger partial charge in [-0.15, -0.1) is 0 Å². The number of nitrogens with zero attached hydrogens (tertiary/aromatic N) is 2. The van der Waals surface area contributed by atoms with Gasteiger partial charge in [0.05, 0.1) is 14.2 Å². The molecule has 2 rings (SSSR count). The topological polar surface area (TPSA) is 80.1 Å². The van der Waals surface area contributed by atoms with E-state index in [1.165, 1.54) is 0 Å². The molecule has 7 nitrogen and oxygen atoms in total. The Kier molecular flexibility index (Phi) is 6.49. The molecular weight excluding hydrogens is 296 g/mol. The van der Waals surface area contributed by atoms with Crippen molar-refractivity contribution in [3.8, 4) is 11.5 Å². The minimum absolute atomic E-state index is 0.0350. The van der Waals surface area contributed by atoms with Gasteiger partial charge in [0, 0.05) is 45.8 Å². The van der Waals surface area contributed by atoms with Crippen LogP contribution in [-0.4, -0.2) is 69.3 Å². The molecule has 0 saturated carbocycles. The molecule has 0 aliphatic carbocycles. The zero-order valence-corrected chi connectivity index (χ0v) is 13.9. The molecule has 1 aromatic rings. The van der Waals surface area contributed by atoms with E-state index in [9.17, 15) is 4.79 Å². The van der Waals surface area contributed by atoms with E-state index in [0.29, 0.717) is 24.6 Å². The van der Waals surface area contributed by atoms with Crippen LogP contribution in [0.5, 0.6) is 11.5 Å². The lowest BCUT2D eigenvalue weighted by Crippen LogP contribution is -2.52. The molecule has 1 aromatic carbocycles. The van der Waals surface area contributed by atoms with Gasteiger partial charge in [-0.05, 0) is 17.7 Å². The van der Waals surface area contributed by atoms with Crippen LogP contribution < -0.4 is 20.5 Å². The third-order valence-corrected chi connectivity index (χ3v) is 4.00. The van der Waals surface area contributed by atoms with Crippen molar-refractivity contribution in [1.82, 2.24) is 15.1 Å². The summed E-state index contributed by atoms with van der Waals surface area (Å²) in [6.45, 7) is 5.23. The second kappa shape index (κ2) is 8.59. The zero-order valence-electron chi connectivity index (χ0n) is 13.9. The molecule has 0 atom stereocenters. The number of hydrogen-bond acceptors (Lipinski definition) is 5. The molecule has 0 aromatic heterocycles. The second-order valence-electron chi connectivity index (χ2n) is 5.47. The van der Waals surface area contributed by atoms with Crippen LogP contribution in [0, 0.1) is 0 Å². The number of amides is 2. The average Bonchev–Trinajstić information content (AvgIpc) is 2.60. The molecule has 1 fully saturated rings. The van der Waals surface area contributed by atoms with Gasteiger partial charge < -0.3 is 25.4 Å². The van der Waals surface area contributed by atoms with Gasteiger partial charge in [0.25, 0.3) is 0 Å². The summed E-state index contributed by atoms with van der Waals surface area (Å²) in [5.41, 5.74) is 6.53. The Hall–Kier alpha value is -1.99. The summed E-state index contributed by atoms with van der Waals surface area (Å²) in [5, 5.41) is 2.95. The standard InChI is InChI=1S/C16H26N4O3/c1-22-14-4-3-13(11-15(14)23-2)12-18-16(21)20-9-7-19(6-5-17)8-10-20/h3-4,11H,5-10,12,17H2,1-2H3,(H,18,21). The minimum atomic E-state index is -0.0350. The van der Waals surface area contributed by atoms with Crippen molar-refractivity contribution >= 4 is 6.03 Å². The number of ether oxygens (including phenoxy) is 2. The molecule has 0 radical (unpaired) electrons. The number of piperazine rings is 1. The van der Waals surface area contributed by atoms with Crippen molar-refractivity contribution in [2.45, 2.75) is 6.54 Å². The van der Waals surface area contributed by atoms with E-state index in [0.717, 1.165) is 38.3 Å². The fraction of sp³-hybridized carbons (Fsp3) is 0.562. The highest BCUT2D eigenvalue weighted by molar-refractivity contribution is 5.74. The van der Waals surface area contributed by atoms with Crippen LogP contribution in [0.2, 0.25) is 0 Å². The maximum Gasteiger partial charge on any atom is 0.317 e. The van der Waals surface area contributed by atoms with Crippen LogP contribution in [0.15, 0.2) is 18.2 Å². The Labute approximate surface area is 137 Å². The predicted octanol–water partition coefficient (Wildman–Crippen LogP) is 0.490. The van der Waals surface area contributed by atoms with Gasteiger partial charge in [0.2, 0.25) is 0 Å². The predicted molar refractivity (Wildman–Crippen MR) is 88.8 cm³/mol.